The molecule has 0 spiro atoms. The molecule has 0 aliphatic rings. The van der Waals surface area contributed by atoms with Crippen LogP contribution >= 0.6 is 0 Å². The van der Waals surface area contributed by atoms with E-state index < -0.39 is 17.4 Å². The maximum Gasteiger partial charge on any atom is 0.323 e. The molecule has 21 heavy (non-hydrogen) atoms. The summed E-state index contributed by atoms with van der Waals surface area (Å²) in [6, 6.07) is 0. The van der Waals surface area contributed by atoms with E-state index in [0.717, 1.165) is 12.8 Å². The molecule has 0 heterocycles. The lowest BCUT2D eigenvalue weighted by Gasteiger charge is -2.25. The minimum atomic E-state index is -1.37. The van der Waals surface area contributed by atoms with Crippen LogP contribution in [0.1, 0.15) is 45.4 Å². The van der Waals surface area contributed by atoms with Crippen LogP contribution in [0.15, 0.2) is 30.5 Å². The Labute approximate surface area is 127 Å². The SMILES string of the molecule is C=CCC(CC=C=CCCCCC)(C(=O)OC)C(=O)OC. The summed E-state index contributed by atoms with van der Waals surface area (Å²) in [5.74, 6) is -1.23. The van der Waals surface area contributed by atoms with Gasteiger partial charge < -0.3 is 9.47 Å². The van der Waals surface area contributed by atoms with Gasteiger partial charge in [0.2, 0.25) is 0 Å². The van der Waals surface area contributed by atoms with Crippen molar-refractivity contribution in [2.45, 2.75) is 45.4 Å². The second-order valence-electron chi connectivity index (χ2n) is 4.83. The monoisotopic (exact) mass is 294 g/mol. The van der Waals surface area contributed by atoms with E-state index in [-0.39, 0.29) is 12.8 Å². The first kappa shape index (κ1) is 19.2. The lowest BCUT2D eigenvalue weighted by molar-refractivity contribution is -0.168. The largest absolute Gasteiger partial charge is 0.468 e. The highest BCUT2D eigenvalue weighted by Gasteiger charge is 2.46. The summed E-state index contributed by atoms with van der Waals surface area (Å²) in [5.41, 5.74) is 1.65. The van der Waals surface area contributed by atoms with Crippen molar-refractivity contribution in [1.29, 1.82) is 0 Å². The molecule has 4 nitrogen and oxygen atoms in total. The molecule has 0 aliphatic carbocycles. The second kappa shape index (κ2) is 10.9. The predicted molar refractivity (Wildman–Crippen MR) is 82.7 cm³/mol. The molecule has 0 unspecified atom stereocenters. The molecule has 0 atom stereocenters. The van der Waals surface area contributed by atoms with Crippen LogP contribution in [0.4, 0.5) is 0 Å². The van der Waals surface area contributed by atoms with E-state index >= 15 is 0 Å². The van der Waals surface area contributed by atoms with E-state index in [1.807, 2.05) is 6.08 Å². The van der Waals surface area contributed by atoms with Crippen molar-refractivity contribution in [3.05, 3.63) is 30.5 Å². The molecular formula is C17H26O4. The Kier molecular flexibility index (Phi) is 9.99. The fraction of sp³-hybridized carbons (Fsp3) is 0.588. The van der Waals surface area contributed by atoms with E-state index in [0.29, 0.717) is 0 Å². The molecule has 0 rings (SSSR count). The predicted octanol–water partition coefficient (Wildman–Crippen LogP) is 3.58. The second-order valence-corrected chi connectivity index (χ2v) is 4.83. The van der Waals surface area contributed by atoms with Crippen LogP contribution in [0.5, 0.6) is 0 Å². The molecule has 0 fully saturated rings. The van der Waals surface area contributed by atoms with Crippen LogP contribution < -0.4 is 0 Å². The summed E-state index contributed by atoms with van der Waals surface area (Å²) in [5, 5.41) is 0. The summed E-state index contributed by atoms with van der Waals surface area (Å²) in [6.45, 7) is 5.75. The highest BCUT2D eigenvalue weighted by Crippen LogP contribution is 2.31. The fourth-order valence-corrected chi connectivity index (χ4v) is 2.03. The summed E-state index contributed by atoms with van der Waals surface area (Å²) in [7, 11) is 2.51. The van der Waals surface area contributed by atoms with Gasteiger partial charge in [-0.15, -0.1) is 12.3 Å². The van der Waals surface area contributed by atoms with Gasteiger partial charge in [-0.1, -0.05) is 25.8 Å². The quantitative estimate of drug-likeness (QED) is 0.203. The Morgan fingerprint density at radius 2 is 1.71 bits per heavy atom. The number of ether oxygens (including phenoxy) is 2. The van der Waals surface area contributed by atoms with Crippen molar-refractivity contribution >= 4 is 11.9 Å². The summed E-state index contributed by atoms with van der Waals surface area (Å²) >= 11 is 0. The van der Waals surface area contributed by atoms with Crippen LogP contribution in [0.25, 0.3) is 0 Å². The Morgan fingerprint density at radius 3 is 2.19 bits per heavy atom. The number of carbonyl (C=O) groups is 2. The van der Waals surface area contributed by atoms with E-state index in [4.69, 9.17) is 9.47 Å². The molecule has 0 bridgehead atoms. The molecule has 0 aromatic carbocycles. The Morgan fingerprint density at radius 1 is 1.10 bits per heavy atom. The van der Waals surface area contributed by atoms with Crippen molar-refractivity contribution in [1.82, 2.24) is 0 Å². The molecule has 0 N–H and O–H groups in total. The highest BCUT2D eigenvalue weighted by atomic mass is 16.5. The molecule has 0 aromatic heterocycles. The number of unbranched alkanes of at least 4 members (excludes halogenated alkanes) is 3. The van der Waals surface area contributed by atoms with Gasteiger partial charge in [0.05, 0.1) is 14.2 Å². The van der Waals surface area contributed by atoms with Gasteiger partial charge in [0.1, 0.15) is 0 Å². The van der Waals surface area contributed by atoms with E-state index in [1.165, 1.54) is 33.1 Å². The van der Waals surface area contributed by atoms with Gasteiger partial charge in [0.25, 0.3) is 0 Å². The maximum absolute atomic E-state index is 12.0. The molecule has 0 amide bonds. The van der Waals surface area contributed by atoms with Crippen LogP contribution in [-0.4, -0.2) is 26.2 Å². The third kappa shape index (κ3) is 6.01. The van der Waals surface area contributed by atoms with Crippen LogP contribution in [0.2, 0.25) is 0 Å². The van der Waals surface area contributed by atoms with Crippen LogP contribution in [-0.2, 0) is 19.1 Å². The molecule has 0 aromatic rings. The summed E-state index contributed by atoms with van der Waals surface area (Å²) < 4.78 is 9.51. The minimum absolute atomic E-state index is 0.167. The molecule has 0 aliphatic heterocycles. The zero-order valence-corrected chi connectivity index (χ0v) is 13.3. The van der Waals surface area contributed by atoms with Gasteiger partial charge in [-0.3, -0.25) is 9.59 Å². The number of carbonyl (C=O) groups excluding carboxylic acids is 2. The summed E-state index contributed by atoms with van der Waals surface area (Å²) in [6.07, 6.45) is 9.88. The lowest BCUT2D eigenvalue weighted by Crippen LogP contribution is -2.40. The number of rotatable bonds is 10. The van der Waals surface area contributed by atoms with Crippen molar-refractivity contribution in [2.24, 2.45) is 5.41 Å². The minimum Gasteiger partial charge on any atom is -0.468 e. The van der Waals surface area contributed by atoms with Gasteiger partial charge in [0, 0.05) is 0 Å². The first-order valence-electron chi connectivity index (χ1n) is 7.26. The van der Waals surface area contributed by atoms with Gasteiger partial charge in [-0.2, -0.15) is 0 Å². The molecule has 4 heteroatoms. The van der Waals surface area contributed by atoms with E-state index in [1.54, 1.807) is 6.08 Å². The topological polar surface area (TPSA) is 52.6 Å². The fourth-order valence-electron chi connectivity index (χ4n) is 2.03. The normalized spacial score (nSPS) is 10.2. The smallest absolute Gasteiger partial charge is 0.323 e. The van der Waals surface area contributed by atoms with Crippen molar-refractivity contribution in [3.8, 4) is 0 Å². The zero-order chi connectivity index (χ0) is 16.1. The molecule has 0 saturated carbocycles. The number of esters is 2. The summed E-state index contributed by atoms with van der Waals surface area (Å²) in [4.78, 5) is 24.0. The van der Waals surface area contributed by atoms with Crippen molar-refractivity contribution in [3.63, 3.8) is 0 Å². The highest BCUT2D eigenvalue weighted by molar-refractivity contribution is 6.00. The maximum atomic E-state index is 12.0. The number of allylic oxidation sites excluding steroid dienone is 2. The molecule has 0 saturated heterocycles. The first-order chi connectivity index (χ1) is 10.1. The molecular weight excluding hydrogens is 268 g/mol. The Hall–Kier alpha value is -1.80. The van der Waals surface area contributed by atoms with Gasteiger partial charge in [-0.25, -0.2) is 0 Å². The van der Waals surface area contributed by atoms with E-state index in [9.17, 15) is 9.59 Å². The van der Waals surface area contributed by atoms with Gasteiger partial charge in [-0.05, 0) is 37.8 Å². The van der Waals surface area contributed by atoms with Crippen LogP contribution in [0, 0.1) is 5.41 Å². The molecule has 0 radical (unpaired) electrons. The lowest BCUT2D eigenvalue weighted by atomic mass is 9.81. The third-order valence-corrected chi connectivity index (χ3v) is 3.28. The van der Waals surface area contributed by atoms with Gasteiger partial charge >= 0.3 is 11.9 Å². The standard InChI is InChI=1S/C17H26O4/c1-5-7-8-9-10-11-12-14-17(13-6-2,15(18)20-3)16(19)21-4/h6,10,12H,2,5,7-9,13-14H2,1,3-4H3. The van der Waals surface area contributed by atoms with E-state index in [2.05, 4.69) is 19.2 Å². The molecule has 118 valence electrons. The number of methoxy groups -OCH3 is 2. The van der Waals surface area contributed by atoms with Crippen molar-refractivity contribution in [2.75, 3.05) is 14.2 Å². The average molecular weight is 294 g/mol. The first-order valence-corrected chi connectivity index (χ1v) is 7.26. The van der Waals surface area contributed by atoms with Gasteiger partial charge in [0.15, 0.2) is 5.41 Å². The number of hydrogen-bond donors (Lipinski definition) is 0. The Balaban J connectivity index is 4.97. The third-order valence-electron chi connectivity index (χ3n) is 3.28. The number of hydrogen-bond acceptors (Lipinski definition) is 4. The Bertz CT molecular complexity index is 387. The van der Waals surface area contributed by atoms with Crippen molar-refractivity contribution < 1.29 is 19.1 Å². The average Bonchev–Trinajstić information content (AvgIpc) is 2.51. The van der Waals surface area contributed by atoms with Crippen LogP contribution in [0.3, 0.4) is 0 Å². The zero-order valence-electron chi connectivity index (χ0n) is 13.3.